The number of amides is 1. The van der Waals surface area contributed by atoms with Crippen LogP contribution in [-0.4, -0.2) is 20.9 Å². The molecule has 5 nitrogen and oxygen atoms in total. The van der Waals surface area contributed by atoms with E-state index in [1.54, 1.807) is 42.5 Å². The minimum Gasteiger partial charge on any atom is -0.344 e. The van der Waals surface area contributed by atoms with Gasteiger partial charge >= 0.3 is 0 Å². The third-order valence-electron chi connectivity index (χ3n) is 6.10. The molecule has 0 spiro atoms. The van der Waals surface area contributed by atoms with E-state index in [0.717, 1.165) is 28.7 Å². The predicted octanol–water partition coefficient (Wildman–Crippen LogP) is 5.66. The Balaban J connectivity index is 1.67. The lowest BCUT2D eigenvalue weighted by Crippen LogP contribution is -2.42. The molecule has 1 amide bonds. The van der Waals surface area contributed by atoms with Gasteiger partial charge in [-0.3, -0.25) is 9.10 Å². The van der Waals surface area contributed by atoms with Crippen molar-refractivity contribution in [3.63, 3.8) is 0 Å². The molecular formula is C30H30N2O3S. The Labute approximate surface area is 213 Å². The third-order valence-corrected chi connectivity index (χ3v) is 7.89. The summed E-state index contributed by atoms with van der Waals surface area (Å²) in [5.74, 6) is -0.400. The third kappa shape index (κ3) is 5.83. The Hall–Kier alpha value is -3.90. The van der Waals surface area contributed by atoms with Gasteiger partial charge in [0.15, 0.2) is 0 Å². The Morgan fingerprint density at radius 3 is 1.92 bits per heavy atom. The van der Waals surface area contributed by atoms with Gasteiger partial charge in [0.1, 0.15) is 6.54 Å². The fraction of sp³-hybridized carbons (Fsp3) is 0.167. The number of carbonyl (C=O) groups is 1. The minimum absolute atomic E-state index is 0.135. The van der Waals surface area contributed by atoms with E-state index in [9.17, 15) is 13.2 Å². The van der Waals surface area contributed by atoms with E-state index in [0.29, 0.717) is 5.69 Å². The Morgan fingerprint density at radius 1 is 0.778 bits per heavy atom. The fourth-order valence-corrected chi connectivity index (χ4v) is 5.48. The highest BCUT2D eigenvalue weighted by Crippen LogP contribution is 2.26. The average Bonchev–Trinajstić information content (AvgIpc) is 2.92. The summed E-state index contributed by atoms with van der Waals surface area (Å²) in [7, 11) is -3.97. The topological polar surface area (TPSA) is 66.5 Å². The molecule has 0 saturated carbocycles. The van der Waals surface area contributed by atoms with Crippen molar-refractivity contribution in [1.82, 2.24) is 5.32 Å². The molecule has 0 unspecified atom stereocenters. The van der Waals surface area contributed by atoms with E-state index in [-0.39, 0.29) is 11.4 Å². The summed E-state index contributed by atoms with van der Waals surface area (Å²) in [6.45, 7) is 3.70. The number of aryl methyl sites for hydroxylation is 2. The van der Waals surface area contributed by atoms with Crippen LogP contribution >= 0.6 is 0 Å². The van der Waals surface area contributed by atoms with Gasteiger partial charge in [-0.25, -0.2) is 8.42 Å². The summed E-state index contributed by atoms with van der Waals surface area (Å²) in [6, 6.07) is 32.7. The van der Waals surface area contributed by atoms with Crippen molar-refractivity contribution in [2.24, 2.45) is 0 Å². The van der Waals surface area contributed by atoms with Crippen molar-refractivity contribution in [2.45, 2.75) is 31.2 Å². The number of benzene rings is 4. The van der Waals surface area contributed by atoms with E-state index >= 15 is 0 Å². The van der Waals surface area contributed by atoms with Gasteiger partial charge in [0.2, 0.25) is 5.91 Å². The molecule has 4 aromatic carbocycles. The predicted molar refractivity (Wildman–Crippen MR) is 144 cm³/mol. The molecule has 0 heterocycles. The first-order valence-electron chi connectivity index (χ1n) is 12.0. The maximum Gasteiger partial charge on any atom is 0.264 e. The van der Waals surface area contributed by atoms with Crippen LogP contribution in [-0.2, 0) is 21.2 Å². The molecule has 0 fully saturated rings. The van der Waals surface area contributed by atoms with Gasteiger partial charge in [0, 0.05) is 0 Å². The average molecular weight is 499 g/mol. The highest BCUT2D eigenvalue weighted by atomic mass is 32.2. The summed E-state index contributed by atoms with van der Waals surface area (Å²) < 4.78 is 28.4. The zero-order valence-corrected chi connectivity index (χ0v) is 21.3. The van der Waals surface area contributed by atoms with Gasteiger partial charge in [-0.1, -0.05) is 97.4 Å². The number of nitrogens with one attached hydrogen (secondary N) is 1. The van der Waals surface area contributed by atoms with Crippen molar-refractivity contribution in [2.75, 3.05) is 10.8 Å². The maximum atomic E-state index is 13.6. The number of hydrogen-bond donors (Lipinski definition) is 1. The quantitative estimate of drug-likeness (QED) is 0.324. The van der Waals surface area contributed by atoms with Crippen molar-refractivity contribution >= 4 is 21.6 Å². The number of rotatable bonds is 9. The molecule has 1 N–H and O–H groups in total. The van der Waals surface area contributed by atoms with Crippen LogP contribution in [0.2, 0.25) is 0 Å². The van der Waals surface area contributed by atoms with Crippen molar-refractivity contribution in [3.8, 4) is 0 Å². The molecule has 4 aromatic rings. The lowest BCUT2D eigenvalue weighted by Gasteiger charge is -2.26. The second-order valence-electron chi connectivity index (χ2n) is 8.67. The van der Waals surface area contributed by atoms with Crippen molar-refractivity contribution < 1.29 is 13.2 Å². The molecule has 0 saturated heterocycles. The molecule has 1 atom stereocenters. The largest absolute Gasteiger partial charge is 0.344 e. The van der Waals surface area contributed by atoms with Crippen molar-refractivity contribution in [1.29, 1.82) is 0 Å². The highest BCUT2D eigenvalue weighted by molar-refractivity contribution is 7.92. The zero-order valence-electron chi connectivity index (χ0n) is 20.5. The molecule has 0 aliphatic heterocycles. The Bertz CT molecular complexity index is 1390. The van der Waals surface area contributed by atoms with E-state index in [1.165, 1.54) is 4.31 Å². The second kappa shape index (κ2) is 11.2. The van der Waals surface area contributed by atoms with Crippen LogP contribution in [0, 0.1) is 6.92 Å². The summed E-state index contributed by atoms with van der Waals surface area (Å²) in [5.41, 5.74) is 4.48. The van der Waals surface area contributed by atoms with Gasteiger partial charge in [0.25, 0.3) is 10.0 Å². The number of sulfonamides is 1. The SMILES string of the molecule is CCc1ccc(N(CC(=O)N[C@@H](c2ccccc2)c2ccc(C)cc2)S(=O)(=O)c2ccccc2)cc1. The van der Waals surface area contributed by atoms with Crippen LogP contribution in [0.25, 0.3) is 0 Å². The standard InChI is InChI=1S/C30H30N2O3S/c1-3-24-16-20-27(21-17-24)32(36(34,35)28-12-8-5-9-13-28)22-29(33)31-30(25-10-6-4-7-11-25)26-18-14-23(2)15-19-26/h4-21,30H,3,22H2,1-2H3,(H,31,33)/t30-/m0/s1. The number of hydrogen-bond acceptors (Lipinski definition) is 3. The summed E-state index contributed by atoms with van der Waals surface area (Å²) in [4.78, 5) is 13.6. The molecule has 6 heteroatoms. The first-order chi connectivity index (χ1) is 17.4. The number of nitrogens with zero attached hydrogens (tertiary/aromatic N) is 1. The Morgan fingerprint density at radius 2 is 1.33 bits per heavy atom. The summed E-state index contributed by atoms with van der Waals surface area (Å²) in [6.07, 6.45) is 0.835. The van der Waals surface area contributed by atoms with E-state index in [2.05, 4.69) is 5.32 Å². The lowest BCUT2D eigenvalue weighted by atomic mass is 9.98. The zero-order chi connectivity index (χ0) is 25.5. The normalized spacial score (nSPS) is 12.1. The van der Waals surface area contributed by atoms with E-state index in [4.69, 9.17) is 0 Å². The van der Waals surface area contributed by atoms with Gasteiger partial charge < -0.3 is 5.32 Å². The lowest BCUT2D eigenvalue weighted by molar-refractivity contribution is -0.120. The van der Waals surface area contributed by atoms with Crippen LogP contribution in [0.5, 0.6) is 0 Å². The monoisotopic (exact) mass is 498 g/mol. The van der Waals surface area contributed by atoms with Crippen LogP contribution in [0.1, 0.15) is 35.2 Å². The van der Waals surface area contributed by atoms with Gasteiger partial charge in [-0.15, -0.1) is 0 Å². The van der Waals surface area contributed by atoms with Gasteiger partial charge in [-0.05, 0) is 54.3 Å². The highest BCUT2D eigenvalue weighted by Gasteiger charge is 2.28. The molecule has 0 aliphatic rings. The molecule has 0 bridgehead atoms. The van der Waals surface area contributed by atoms with Crippen LogP contribution in [0.4, 0.5) is 5.69 Å². The van der Waals surface area contributed by atoms with Crippen molar-refractivity contribution in [3.05, 3.63) is 131 Å². The molecule has 36 heavy (non-hydrogen) atoms. The molecule has 0 radical (unpaired) electrons. The maximum absolute atomic E-state index is 13.6. The second-order valence-corrected chi connectivity index (χ2v) is 10.5. The Kier molecular flexibility index (Phi) is 7.86. The number of anilines is 1. The molecule has 0 aromatic heterocycles. The van der Waals surface area contributed by atoms with E-state index in [1.807, 2.05) is 80.6 Å². The van der Waals surface area contributed by atoms with E-state index < -0.39 is 22.0 Å². The number of carbonyl (C=O) groups excluding carboxylic acids is 1. The fourth-order valence-electron chi connectivity index (χ4n) is 4.03. The first kappa shape index (κ1) is 25.2. The molecule has 184 valence electrons. The molecule has 4 rings (SSSR count). The summed E-state index contributed by atoms with van der Waals surface area (Å²) in [5, 5.41) is 3.07. The van der Waals surface area contributed by atoms with Crippen LogP contribution < -0.4 is 9.62 Å². The summed E-state index contributed by atoms with van der Waals surface area (Å²) >= 11 is 0. The van der Waals surface area contributed by atoms with Gasteiger partial charge in [-0.2, -0.15) is 0 Å². The molecular weight excluding hydrogens is 468 g/mol. The van der Waals surface area contributed by atoms with Gasteiger partial charge in [0.05, 0.1) is 16.6 Å². The van der Waals surface area contributed by atoms with Crippen LogP contribution in [0.15, 0.2) is 114 Å². The van der Waals surface area contributed by atoms with Crippen LogP contribution in [0.3, 0.4) is 0 Å². The first-order valence-corrected chi connectivity index (χ1v) is 13.4. The smallest absolute Gasteiger partial charge is 0.264 e. The molecule has 0 aliphatic carbocycles. The minimum atomic E-state index is -3.97.